The molecule has 1 rings (SSSR count). The van der Waals surface area contributed by atoms with Crippen molar-refractivity contribution in [2.45, 2.75) is 13.3 Å². The molecule has 0 unspecified atom stereocenters. The lowest BCUT2D eigenvalue weighted by molar-refractivity contribution is -0.275. The molecule has 0 radical (unpaired) electrons. The van der Waals surface area contributed by atoms with Crippen LogP contribution in [0.5, 0.6) is 5.75 Å². The average Bonchev–Trinajstić information content (AvgIpc) is 2.07. The summed E-state index contributed by atoms with van der Waals surface area (Å²) in [6.07, 6.45) is -5.00. The van der Waals surface area contributed by atoms with Crippen LogP contribution in [0.15, 0.2) is 16.6 Å². The number of hydrogen-bond donors (Lipinski definition) is 0. The quantitative estimate of drug-likeness (QED) is 0.615. The number of ether oxygens (including phenoxy) is 1. The van der Waals surface area contributed by atoms with Crippen LogP contribution in [0.1, 0.15) is 17.3 Å². The molecule has 0 atom stereocenters. The molecule has 88 valence electrons. The van der Waals surface area contributed by atoms with Crippen LogP contribution in [0.4, 0.5) is 17.6 Å². The number of hydrogen-bond acceptors (Lipinski definition) is 2. The van der Waals surface area contributed by atoms with Gasteiger partial charge in [0.05, 0.1) is 5.56 Å². The lowest BCUT2D eigenvalue weighted by Crippen LogP contribution is -2.18. The molecular formula is C9H5BrF4O2. The molecular weight excluding hydrogens is 296 g/mol. The van der Waals surface area contributed by atoms with Gasteiger partial charge in [0.25, 0.3) is 0 Å². The van der Waals surface area contributed by atoms with Gasteiger partial charge >= 0.3 is 6.36 Å². The van der Waals surface area contributed by atoms with Crippen molar-refractivity contribution in [3.8, 4) is 5.75 Å². The molecule has 16 heavy (non-hydrogen) atoms. The van der Waals surface area contributed by atoms with E-state index in [0.717, 1.165) is 19.1 Å². The molecule has 0 spiro atoms. The fraction of sp³-hybridized carbons (Fsp3) is 0.222. The fourth-order valence-electron chi connectivity index (χ4n) is 1.06. The Bertz CT molecular complexity index is 428. The van der Waals surface area contributed by atoms with Gasteiger partial charge in [-0.05, 0) is 35.0 Å². The van der Waals surface area contributed by atoms with Crippen molar-refractivity contribution in [1.29, 1.82) is 0 Å². The molecule has 1 aromatic rings. The fourth-order valence-corrected chi connectivity index (χ4v) is 1.65. The summed E-state index contributed by atoms with van der Waals surface area (Å²) < 4.78 is 52.6. The highest BCUT2D eigenvalue weighted by molar-refractivity contribution is 9.10. The summed E-state index contributed by atoms with van der Waals surface area (Å²) in [5.41, 5.74) is -0.471. The summed E-state index contributed by atoms with van der Waals surface area (Å²) in [6.45, 7) is 1.04. The van der Waals surface area contributed by atoms with E-state index in [1.807, 2.05) is 0 Å². The van der Waals surface area contributed by atoms with Crippen LogP contribution >= 0.6 is 15.9 Å². The Morgan fingerprint density at radius 1 is 1.38 bits per heavy atom. The highest BCUT2D eigenvalue weighted by Crippen LogP contribution is 2.31. The van der Waals surface area contributed by atoms with Crippen molar-refractivity contribution in [3.05, 3.63) is 28.0 Å². The molecule has 1 aromatic carbocycles. The third kappa shape index (κ3) is 2.94. The van der Waals surface area contributed by atoms with Crippen molar-refractivity contribution in [2.75, 3.05) is 0 Å². The molecule has 0 bridgehead atoms. The predicted molar refractivity (Wildman–Crippen MR) is 50.8 cm³/mol. The summed E-state index contributed by atoms with van der Waals surface area (Å²) in [4.78, 5) is 11.0. The second-order valence-corrected chi connectivity index (χ2v) is 3.69. The minimum Gasteiger partial charge on any atom is -0.403 e. The lowest BCUT2D eigenvalue weighted by atomic mass is 10.1. The highest BCUT2D eigenvalue weighted by atomic mass is 79.9. The topological polar surface area (TPSA) is 26.3 Å². The maximum Gasteiger partial charge on any atom is 0.573 e. The number of carbonyl (C=O) groups is 1. The summed E-state index contributed by atoms with van der Waals surface area (Å²) in [7, 11) is 0. The van der Waals surface area contributed by atoms with E-state index >= 15 is 0 Å². The Balaban J connectivity index is 3.24. The van der Waals surface area contributed by atoms with E-state index in [-0.39, 0.29) is 4.47 Å². The first-order valence-electron chi connectivity index (χ1n) is 3.97. The van der Waals surface area contributed by atoms with Crippen molar-refractivity contribution in [1.82, 2.24) is 0 Å². The molecule has 0 fully saturated rings. The van der Waals surface area contributed by atoms with E-state index in [1.54, 1.807) is 0 Å². The van der Waals surface area contributed by atoms with Gasteiger partial charge in [-0.25, -0.2) is 4.39 Å². The number of benzene rings is 1. The van der Waals surface area contributed by atoms with Crippen LogP contribution in [0, 0.1) is 5.82 Å². The number of rotatable bonds is 2. The van der Waals surface area contributed by atoms with Gasteiger partial charge in [-0.15, -0.1) is 13.2 Å². The van der Waals surface area contributed by atoms with Crippen molar-refractivity contribution >= 4 is 21.7 Å². The maximum absolute atomic E-state index is 13.4. The number of Topliss-reactive ketones (excluding diaryl/α,β-unsaturated/α-hetero) is 1. The Morgan fingerprint density at radius 3 is 2.38 bits per heavy atom. The van der Waals surface area contributed by atoms with Crippen LogP contribution in [0.3, 0.4) is 0 Å². The zero-order valence-electron chi connectivity index (χ0n) is 7.86. The first-order chi connectivity index (χ1) is 7.22. The molecule has 0 aliphatic rings. The van der Waals surface area contributed by atoms with Crippen molar-refractivity contribution in [2.24, 2.45) is 0 Å². The van der Waals surface area contributed by atoms with Gasteiger partial charge in [-0.3, -0.25) is 4.79 Å². The van der Waals surface area contributed by atoms with Gasteiger partial charge in [-0.1, -0.05) is 0 Å². The van der Waals surface area contributed by atoms with Crippen LogP contribution in [0.2, 0.25) is 0 Å². The zero-order chi connectivity index (χ0) is 12.5. The molecule has 0 aliphatic heterocycles. The van der Waals surface area contributed by atoms with E-state index in [9.17, 15) is 22.4 Å². The minimum absolute atomic E-state index is 0.0759. The van der Waals surface area contributed by atoms with Gasteiger partial charge in [-0.2, -0.15) is 0 Å². The molecule has 0 N–H and O–H groups in total. The van der Waals surface area contributed by atoms with Crippen LogP contribution in [-0.4, -0.2) is 12.1 Å². The van der Waals surface area contributed by atoms with Gasteiger partial charge in [0, 0.05) is 4.47 Å². The monoisotopic (exact) mass is 300 g/mol. The molecule has 0 aliphatic carbocycles. The average molecular weight is 301 g/mol. The Labute approximate surface area is 96.3 Å². The molecule has 0 aromatic heterocycles. The third-order valence-electron chi connectivity index (χ3n) is 1.63. The van der Waals surface area contributed by atoms with Gasteiger partial charge < -0.3 is 4.74 Å². The maximum atomic E-state index is 13.4. The predicted octanol–water partition coefficient (Wildman–Crippen LogP) is 3.69. The number of ketones is 1. The standard InChI is InChI=1S/C9H5BrF4O2/c1-4(15)7-5(10)2-3-6(8(7)11)16-9(12,13)14/h2-3H,1H3. The first kappa shape index (κ1) is 13.0. The normalized spacial score (nSPS) is 11.4. The number of halogens is 5. The summed E-state index contributed by atoms with van der Waals surface area (Å²) in [5.74, 6) is -3.06. The smallest absolute Gasteiger partial charge is 0.403 e. The molecule has 7 heteroatoms. The highest BCUT2D eigenvalue weighted by Gasteiger charge is 2.33. The summed E-state index contributed by atoms with van der Waals surface area (Å²) in [6, 6.07) is 1.90. The third-order valence-corrected chi connectivity index (χ3v) is 2.29. The second-order valence-electron chi connectivity index (χ2n) is 2.84. The van der Waals surface area contributed by atoms with Crippen LogP contribution in [-0.2, 0) is 0 Å². The van der Waals surface area contributed by atoms with Crippen LogP contribution in [0.25, 0.3) is 0 Å². The summed E-state index contributed by atoms with van der Waals surface area (Å²) >= 11 is 2.86. The largest absolute Gasteiger partial charge is 0.573 e. The SMILES string of the molecule is CC(=O)c1c(Br)ccc(OC(F)(F)F)c1F. The van der Waals surface area contributed by atoms with E-state index in [4.69, 9.17) is 0 Å². The van der Waals surface area contributed by atoms with Crippen molar-refractivity contribution < 1.29 is 27.1 Å². The molecule has 0 amide bonds. The minimum atomic E-state index is -5.00. The Morgan fingerprint density at radius 2 is 1.94 bits per heavy atom. The van der Waals surface area contributed by atoms with E-state index in [0.29, 0.717) is 0 Å². The van der Waals surface area contributed by atoms with E-state index < -0.39 is 29.3 Å². The lowest BCUT2D eigenvalue weighted by Gasteiger charge is -2.11. The van der Waals surface area contributed by atoms with Crippen LogP contribution < -0.4 is 4.74 Å². The molecule has 0 saturated carbocycles. The van der Waals surface area contributed by atoms with E-state index in [2.05, 4.69) is 20.7 Å². The first-order valence-corrected chi connectivity index (χ1v) is 4.76. The Kier molecular flexibility index (Phi) is 3.57. The molecule has 0 saturated heterocycles. The molecule has 2 nitrogen and oxygen atoms in total. The Hall–Kier alpha value is -1.11. The number of alkyl halides is 3. The van der Waals surface area contributed by atoms with Gasteiger partial charge in [0.2, 0.25) is 0 Å². The second kappa shape index (κ2) is 4.40. The summed E-state index contributed by atoms with van der Waals surface area (Å²) in [5, 5.41) is 0. The zero-order valence-corrected chi connectivity index (χ0v) is 9.45. The van der Waals surface area contributed by atoms with Crippen molar-refractivity contribution in [3.63, 3.8) is 0 Å². The van der Waals surface area contributed by atoms with E-state index in [1.165, 1.54) is 0 Å². The van der Waals surface area contributed by atoms with Gasteiger partial charge in [0.1, 0.15) is 0 Å². The molecule has 0 heterocycles. The van der Waals surface area contributed by atoms with Gasteiger partial charge in [0.15, 0.2) is 17.3 Å². The number of carbonyl (C=O) groups excluding carboxylic acids is 1.